The summed E-state index contributed by atoms with van der Waals surface area (Å²) in [5.74, 6) is -2.35. The van der Waals surface area contributed by atoms with Crippen LogP contribution < -0.4 is 19.3 Å². The van der Waals surface area contributed by atoms with Gasteiger partial charge in [-0.05, 0) is 22.3 Å². The van der Waals surface area contributed by atoms with Gasteiger partial charge < -0.3 is 19.8 Å². The number of nitrogens with zero attached hydrogens (tertiary/aromatic N) is 2. The zero-order valence-corrected chi connectivity index (χ0v) is 17.2. The first kappa shape index (κ1) is 20.9. The molecule has 0 atom stereocenters. The van der Waals surface area contributed by atoms with E-state index in [1.54, 1.807) is 48.5 Å². The summed E-state index contributed by atoms with van der Waals surface area (Å²) in [5, 5.41) is 21.7. The Morgan fingerprint density at radius 1 is 0.531 bits per heavy atom. The molecule has 0 aliphatic rings. The van der Waals surface area contributed by atoms with Crippen molar-refractivity contribution >= 4 is 11.9 Å². The molecule has 0 unspecified atom stereocenters. The van der Waals surface area contributed by atoms with Gasteiger partial charge in [-0.15, -0.1) is 0 Å². The Morgan fingerprint density at radius 2 is 0.844 bits per heavy atom. The second kappa shape index (κ2) is 9.22. The largest absolute Gasteiger partial charge is 0.545 e. The fourth-order valence-corrected chi connectivity index (χ4v) is 3.42. The van der Waals surface area contributed by atoms with E-state index in [0.717, 1.165) is 22.3 Å². The fourth-order valence-electron chi connectivity index (χ4n) is 3.42. The van der Waals surface area contributed by atoms with Crippen molar-refractivity contribution in [3.8, 4) is 11.1 Å². The molecule has 0 radical (unpaired) electrons. The second-order valence-electron chi connectivity index (χ2n) is 7.49. The Hall–Kier alpha value is -4.32. The van der Waals surface area contributed by atoms with E-state index >= 15 is 0 Å². The molecule has 0 bridgehead atoms. The molecule has 4 rings (SSSR count). The van der Waals surface area contributed by atoms with Gasteiger partial charge in [0.25, 0.3) is 0 Å². The van der Waals surface area contributed by atoms with E-state index in [9.17, 15) is 19.8 Å². The van der Waals surface area contributed by atoms with E-state index in [1.807, 2.05) is 58.2 Å². The Labute approximate surface area is 185 Å². The van der Waals surface area contributed by atoms with E-state index in [-0.39, 0.29) is 11.1 Å². The van der Waals surface area contributed by atoms with Crippen LogP contribution in [0.1, 0.15) is 31.8 Å². The zero-order chi connectivity index (χ0) is 22.5. The number of carboxylic acid groups (broad SMARTS) is 2. The van der Waals surface area contributed by atoms with Gasteiger partial charge in [0, 0.05) is 35.4 Å². The highest BCUT2D eigenvalue weighted by Crippen LogP contribution is 2.16. The minimum atomic E-state index is -1.17. The molecule has 2 aromatic heterocycles. The predicted octanol–water partition coefficient (Wildman–Crippen LogP) is 0.752. The maximum Gasteiger partial charge on any atom is 0.173 e. The van der Waals surface area contributed by atoms with Crippen LogP contribution in [0.3, 0.4) is 0 Å². The van der Waals surface area contributed by atoms with Crippen molar-refractivity contribution < 1.29 is 28.9 Å². The smallest absolute Gasteiger partial charge is 0.173 e. The SMILES string of the molecule is O=C([O-])c1ccc(C[n+]2ccc(-c3cc[n+](Cc4ccc(C(=O)[O-])cc4)cc3)cc2)cc1. The third kappa shape index (κ3) is 5.05. The number of pyridine rings is 2. The van der Waals surface area contributed by atoms with Crippen LogP contribution in [0.15, 0.2) is 97.6 Å². The highest BCUT2D eigenvalue weighted by atomic mass is 16.4. The zero-order valence-electron chi connectivity index (χ0n) is 17.2. The number of aromatic carboxylic acids is 2. The summed E-state index contributed by atoms with van der Waals surface area (Å²) in [6.07, 6.45) is 7.95. The van der Waals surface area contributed by atoms with Gasteiger partial charge in [0.1, 0.15) is 0 Å². The van der Waals surface area contributed by atoms with Crippen molar-refractivity contribution in [1.29, 1.82) is 0 Å². The lowest BCUT2D eigenvalue weighted by atomic mass is 10.1. The van der Waals surface area contributed by atoms with Gasteiger partial charge in [0.05, 0.1) is 11.9 Å². The lowest BCUT2D eigenvalue weighted by Gasteiger charge is -2.04. The van der Waals surface area contributed by atoms with Crippen LogP contribution in [0.4, 0.5) is 0 Å². The highest BCUT2D eigenvalue weighted by molar-refractivity contribution is 5.86. The number of rotatable bonds is 7. The van der Waals surface area contributed by atoms with Crippen molar-refractivity contribution in [2.24, 2.45) is 0 Å². The Morgan fingerprint density at radius 3 is 1.12 bits per heavy atom. The number of carbonyl (C=O) groups is 2. The second-order valence-corrected chi connectivity index (χ2v) is 7.49. The molecule has 0 fully saturated rings. The monoisotopic (exact) mass is 424 g/mol. The van der Waals surface area contributed by atoms with Crippen LogP contribution in [0.25, 0.3) is 11.1 Å². The topological polar surface area (TPSA) is 88.0 Å². The van der Waals surface area contributed by atoms with Crippen molar-refractivity contribution in [2.45, 2.75) is 13.1 Å². The molecule has 0 aliphatic carbocycles. The van der Waals surface area contributed by atoms with Crippen LogP contribution in [0, 0.1) is 0 Å². The fraction of sp³-hybridized carbons (Fsp3) is 0.0769. The lowest BCUT2D eigenvalue weighted by molar-refractivity contribution is -0.688. The van der Waals surface area contributed by atoms with E-state index in [4.69, 9.17) is 0 Å². The Kier molecular flexibility index (Phi) is 6.03. The van der Waals surface area contributed by atoms with Crippen LogP contribution in [-0.4, -0.2) is 11.9 Å². The van der Waals surface area contributed by atoms with Gasteiger partial charge in [-0.25, -0.2) is 9.13 Å². The van der Waals surface area contributed by atoms with Crippen LogP contribution in [0.2, 0.25) is 0 Å². The first-order valence-electron chi connectivity index (χ1n) is 10.1. The van der Waals surface area contributed by atoms with E-state index < -0.39 is 11.9 Å². The number of carbonyl (C=O) groups excluding carboxylic acids is 2. The van der Waals surface area contributed by atoms with Gasteiger partial charge in [0.15, 0.2) is 37.9 Å². The van der Waals surface area contributed by atoms with Crippen LogP contribution >= 0.6 is 0 Å². The molecule has 0 spiro atoms. The molecule has 6 nitrogen and oxygen atoms in total. The average Bonchev–Trinajstić information content (AvgIpc) is 2.81. The molecule has 0 N–H and O–H groups in total. The molecular weight excluding hydrogens is 404 g/mol. The minimum Gasteiger partial charge on any atom is -0.545 e. The molecule has 6 heteroatoms. The summed E-state index contributed by atoms with van der Waals surface area (Å²) in [6.45, 7) is 1.28. The maximum atomic E-state index is 10.9. The molecule has 0 saturated carbocycles. The summed E-state index contributed by atoms with van der Waals surface area (Å²) in [5.41, 5.74) is 4.51. The predicted molar refractivity (Wildman–Crippen MR) is 112 cm³/mol. The highest BCUT2D eigenvalue weighted by Gasteiger charge is 2.08. The van der Waals surface area contributed by atoms with Gasteiger partial charge in [-0.3, -0.25) is 0 Å². The number of aromatic nitrogens is 2. The first-order valence-corrected chi connectivity index (χ1v) is 10.1. The molecule has 0 aliphatic heterocycles. The average molecular weight is 424 g/mol. The van der Waals surface area contributed by atoms with Crippen molar-refractivity contribution in [3.05, 3.63) is 120 Å². The van der Waals surface area contributed by atoms with Crippen LogP contribution in [0.5, 0.6) is 0 Å². The Balaban J connectivity index is 1.40. The maximum absolute atomic E-state index is 10.9. The third-order valence-corrected chi connectivity index (χ3v) is 5.23. The summed E-state index contributed by atoms with van der Waals surface area (Å²) in [6, 6.07) is 21.5. The van der Waals surface area contributed by atoms with Gasteiger partial charge in [0.2, 0.25) is 0 Å². The normalized spacial score (nSPS) is 10.6. The van der Waals surface area contributed by atoms with Gasteiger partial charge >= 0.3 is 0 Å². The van der Waals surface area contributed by atoms with Crippen LogP contribution in [-0.2, 0) is 13.1 Å². The molecule has 0 saturated heterocycles. The van der Waals surface area contributed by atoms with E-state index in [2.05, 4.69) is 0 Å². The third-order valence-electron chi connectivity index (χ3n) is 5.23. The van der Waals surface area contributed by atoms with E-state index in [0.29, 0.717) is 13.1 Å². The lowest BCUT2D eigenvalue weighted by Crippen LogP contribution is -2.33. The number of hydrogen-bond acceptors (Lipinski definition) is 4. The molecule has 2 heterocycles. The summed E-state index contributed by atoms with van der Waals surface area (Å²) < 4.78 is 4.05. The molecular formula is C26H20N2O4. The molecule has 158 valence electrons. The summed E-state index contributed by atoms with van der Waals surface area (Å²) in [7, 11) is 0. The molecule has 32 heavy (non-hydrogen) atoms. The number of hydrogen-bond donors (Lipinski definition) is 0. The van der Waals surface area contributed by atoms with Gasteiger partial charge in [-0.2, -0.15) is 0 Å². The first-order chi connectivity index (χ1) is 15.5. The standard InChI is InChI=1S/C26H20N2O4/c29-25(30)23-5-1-19(2-6-23)17-27-13-9-21(10-14-27)22-11-15-28(16-12-22)18-20-3-7-24(8-4-20)26(31)32/h1-16H,17-18H2. The van der Waals surface area contributed by atoms with Gasteiger partial charge in [-0.1, -0.05) is 48.5 Å². The number of benzene rings is 2. The van der Waals surface area contributed by atoms with Crippen molar-refractivity contribution in [1.82, 2.24) is 0 Å². The quantitative estimate of drug-likeness (QED) is 0.410. The molecule has 4 aromatic rings. The molecule has 2 aromatic carbocycles. The minimum absolute atomic E-state index is 0.171. The summed E-state index contributed by atoms with van der Waals surface area (Å²) >= 11 is 0. The van der Waals surface area contributed by atoms with Crippen molar-refractivity contribution in [2.75, 3.05) is 0 Å². The number of carboxylic acids is 2. The van der Waals surface area contributed by atoms with Crippen molar-refractivity contribution in [3.63, 3.8) is 0 Å². The van der Waals surface area contributed by atoms with E-state index in [1.165, 1.54) is 0 Å². The molecule has 0 amide bonds. The summed E-state index contributed by atoms with van der Waals surface area (Å²) in [4.78, 5) is 21.7. The Bertz CT molecular complexity index is 1130.